The van der Waals surface area contributed by atoms with Gasteiger partial charge in [-0.1, -0.05) is 163 Å². The number of para-hydroxylation sites is 2. The Kier molecular flexibility index (Phi) is 9.80. The number of phenolic OH excluding ortho intramolecular Hbond substituents is 1. The Balaban J connectivity index is 1.22. The lowest BCUT2D eigenvalue weighted by Gasteiger charge is -2.25. The molecule has 4 nitrogen and oxygen atoms in total. The van der Waals surface area contributed by atoms with E-state index in [-0.39, 0.29) is 16.6 Å². The molecule has 0 fully saturated rings. The molecule has 0 radical (unpaired) electrons. The van der Waals surface area contributed by atoms with Gasteiger partial charge in [0.05, 0.1) is 28.0 Å². The maximum Gasteiger partial charge on any atom is 0.149 e. The molecule has 0 saturated heterocycles. The third kappa shape index (κ3) is 7.42. The van der Waals surface area contributed by atoms with Gasteiger partial charge in [-0.25, -0.2) is 4.98 Å². The highest BCUT2D eigenvalue weighted by molar-refractivity contribution is 5.97. The molecular formula is C56H49N3O. The van der Waals surface area contributed by atoms with Crippen LogP contribution in [-0.2, 0) is 10.8 Å². The molecule has 1 N–H and O–H groups in total. The minimum Gasteiger partial charge on any atom is -0.507 e. The predicted octanol–water partition coefficient (Wildman–Crippen LogP) is 14.7. The van der Waals surface area contributed by atoms with Crippen molar-refractivity contribution in [1.29, 1.82) is 0 Å². The van der Waals surface area contributed by atoms with Gasteiger partial charge in [0, 0.05) is 17.3 Å². The van der Waals surface area contributed by atoms with Crippen molar-refractivity contribution in [3.63, 3.8) is 0 Å². The Labute approximate surface area is 353 Å². The molecule has 2 heterocycles. The zero-order valence-corrected chi connectivity index (χ0v) is 35.1. The molecule has 0 saturated carbocycles. The SMILES string of the molecule is CC(C)(C)c1cc(-c2cc(-c3ccc(-c4ccccc4)cc3)ccn2)cc(-c2cccc3c2nc(-c2ccccc2O)n3-c2ccc(-c3ccccc3)cc2C(C)(C)C)c1. The molecule has 9 rings (SSSR count). The minimum atomic E-state index is -0.203. The van der Waals surface area contributed by atoms with Gasteiger partial charge in [-0.2, -0.15) is 0 Å². The molecule has 60 heavy (non-hydrogen) atoms. The number of aromatic nitrogens is 3. The van der Waals surface area contributed by atoms with Gasteiger partial charge < -0.3 is 5.11 Å². The summed E-state index contributed by atoms with van der Waals surface area (Å²) < 4.78 is 2.24. The highest BCUT2D eigenvalue weighted by Crippen LogP contribution is 2.42. The van der Waals surface area contributed by atoms with E-state index in [2.05, 4.69) is 192 Å². The first-order valence-electron chi connectivity index (χ1n) is 20.7. The zero-order valence-electron chi connectivity index (χ0n) is 35.1. The van der Waals surface area contributed by atoms with Gasteiger partial charge in [-0.15, -0.1) is 0 Å². The summed E-state index contributed by atoms with van der Waals surface area (Å²) in [7, 11) is 0. The highest BCUT2D eigenvalue weighted by Gasteiger charge is 2.26. The van der Waals surface area contributed by atoms with Crippen molar-refractivity contribution in [3.8, 4) is 78.6 Å². The quantitative estimate of drug-likeness (QED) is 0.175. The van der Waals surface area contributed by atoms with Crippen molar-refractivity contribution in [2.75, 3.05) is 0 Å². The molecule has 7 aromatic carbocycles. The van der Waals surface area contributed by atoms with Crippen LogP contribution >= 0.6 is 0 Å². The average molecular weight is 780 g/mol. The Hall–Kier alpha value is -7.04. The van der Waals surface area contributed by atoms with Crippen LogP contribution in [0.2, 0.25) is 0 Å². The normalized spacial score (nSPS) is 11.9. The summed E-state index contributed by atoms with van der Waals surface area (Å²) >= 11 is 0. The zero-order chi connectivity index (χ0) is 41.6. The van der Waals surface area contributed by atoms with Gasteiger partial charge in [-0.05, 0) is 115 Å². The number of hydrogen-bond donors (Lipinski definition) is 1. The van der Waals surface area contributed by atoms with E-state index in [1.807, 2.05) is 30.5 Å². The molecule has 0 aliphatic carbocycles. The smallest absolute Gasteiger partial charge is 0.149 e. The van der Waals surface area contributed by atoms with Gasteiger partial charge in [0.1, 0.15) is 11.6 Å². The highest BCUT2D eigenvalue weighted by atomic mass is 16.3. The van der Waals surface area contributed by atoms with Crippen molar-refractivity contribution in [2.24, 2.45) is 0 Å². The maximum absolute atomic E-state index is 11.4. The molecule has 0 bridgehead atoms. The molecule has 0 aliphatic rings. The standard InChI is InChI=1S/C56H49N3O/c1-55(2,3)45-33-43(32-44(34-45)49-36-42(30-31-57-49)40-26-24-39(25-27-40)37-16-9-7-10-17-37)46-21-15-22-51-53(46)58-54(47-20-13-14-23-52(47)60)59(51)50-29-28-41(35-48(50)56(4,5)6)38-18-11-8-12-19-38/h7-36,60H,1-6H3. The van der Waals surface area contributed by atoms with E-state index in [9.17, 15) is 5.11 Å². The van der Waals surface area contributed by atoms with Crippen LogP contribution in [0.25, 0.3) is 83.9 Å². The van der Waals surface area contributed by atoms with E-state index in [0.717, 1.165) is 55.8 Å². The van der Waals surface area contributed by atoms with E-state index < -0.39 is 0 Å². The molecule has 0 spiro atoms. The van der Waals surface area contributed by atoms with Gasteiger partial charge in [0.15, 0.2) is 0 Å². The minimum absolute atomic E-state index is 0.133. The lowest BCUT2D eigenvalue weighted by Crippen LogP contribution is -2.16. The average Bonchev–Trinajstić information content (AvgIpc) is 3.66. The first kappa shape index (κ1) is 38.5. The van der Waals surface area contributed by atoms with Gasteiger partial charge >= 0.3 is 0 Å². The van der Waals surface area contributed by atoms with Crippen LogP contribution in [0.3, 0.4) is 0 Å². The Morgan fingerprint density at radius 1 is 0.450 bits per heavy atom. The largest absolute Gasteiger partial charge is 0.507 e. The molecule has 294 valence electrons. The summed E-state index contributed by atoms with van der Waals surface area (Å²) in [5.74, 6) is 0.875. The number of nitrogens with zero attached hydrogens (tertiary/aromatic N) is 3. The number of benzene rings is 7. The lowest BCUT2D eigenvalue weighted by atomic mass is 9.83. The summed E-state index contributed by atoms with van der Waals surface area (Å²) in [6, 6.07) is 61.6. The topological polar surface area (TPSA) is 50.9 Å². The van der Waals surface area contributed by atoms with Gasteiger partial charge in [0.2, 0.25) is 0 Å². The van der Waals surface area contributed by atoms with Crippen molar-refractivity contribution in [1.82, 2.24) is 14.5 Å². The third-order valence-electron chi connectivity index (χ3n) is 11.5. The van der Waals surface area contributed by atoms with E-state index in [1.165, 1.54) is 27.8 Å². The number of fused-ring (bicyclic) bond motifs is 1. The molecule has 0 amide bonds. The van der Waals surface area contributed by atoms with Crippen molar-refractivity contribution >= 4 is 11.0 Å². The summed E-state index contributed by atoms with van der Waals surface area (Å²) in [6.45, 7) is 13.5. The number of aromatic hydroxyl groups is 1. The van der Waals surface area contributed by atoms with E-state index in [1.54, 1.807) is 6.07 Å². The summed E-state index contributed by atoms with van der Waals surface area (Å²) in [6.07, 6.45) is 1.91. The third-order valence-corrected chi connectivity index (χ3v) is 11.5. The number of rotatable bonds is 7. The molecule has 0 aliphatic heterocycles. The van der Waals surface area contributed by atoms with Crippen LogP contribution in [0.15, 0.2) is 182 Å². The van der Waals surface area contributed by atoms with E-state index in [0.29, 0.717) is 11.4 Å². The van der Waals surface area contributed by atoms with E-state index >= 15 is 0 Å². The fourth-order valence-electron chi connectivity index (χ4n) is 8.18. The lowest BCUT2D eigenvalue weighted by molar-refractivity contribution is 0.477. The summed E-state index contributed by atoms with van der Waals surface area (Å²) in [5.41, 5.74) is 16.6. The maximum atomic E-state index is 11.4. The number of imidazole rings is 1. The molecule has 2 aromatic heterocycles. The molecule has 9 aromatic rings. The van der Waals surface area contributed by atoms with Crippen LogP contribution in [0.5, 0.6) is 5.75 Å². The second-order valence-electron chi connectivity index (χ2n) is 17.7. The number of phenols is 1. The van der Waals surface area contributed by atoms with E-state index in [4.69, 9.17) is 9.97 Å². The van der Waals surface area contributed by atoms with Crippen LogP contribution in [0.4, 0.5) is 0 Å². The monoisotopic (exact) mass is 779 g/mol. The molecular weight excluding hydrogens is 731 g/mol. The fraction of sp³-hybridized carbons (Fsp3) is 0.143. The van der Waals surface area contributed by atoms with Crippen molar-refractivity contribution < 1.29 is 5.11 Å². The summed E-state index contributed by atoms with van der Waals surface area (Å²) in [5, 5.41) is 11.4. The van der Waals surface area contributed by atoms with Crippen LogP contribution in [0.1, 0.15) is 52.7 Å². The Bertz CT molecular complexity index is 2980. The van der Waals surface area contributed by atoms with Crippen LogP contribution in [-0.4, -0.2) is 19.6 Å². The Morgan fingerprint density at radius 3 is 1.68 bits per heavy atom. The van der Waals surface area contributed by atoms with Crippen LogP contribution in [0, 0.1) is 0 Å². The summed E-state index contributed by atoms with van der Waals surface area (Å²) in [4.78, 5) is 10.4. The second kappa shape index (κ2) is 15.3. The first-order chi connectivity index (χ1) is 28.9. The number of hydrogen-bond acceptors (Lipinski definition) is 3. The second-order valence-corrected chi connectivity index (χ2v) is 17.7. The van der Waals surface area contributed by atoms with Crippen LogP contribution < -0.4 is 0 Å². The Morgan fingerprint density at radius 2 is 1.02 bits per heavy atom. The van der Waals surface area contributed by atoms with Crippen molar-refractivity contribution in [2.45, 2.75) is 52.4 Å². The fourth-order valence-corrected chi connectivity index (χ4v) is 8.18. The van der Waals surface area contributed by atoms with Gasteiger partial charge in [-0.3, -0.25) is 9.55 Å². The van der Waals surface area contributed by atoms with Crippen molar-refractivity contribution in [3.05, 3.63) is 193 Å². The number of pyridine rings is 1. The van der Waals surface area contributed by atoms with Gasteiger partial charge in [0.25, 0.3) is 0 Å². The predicted molar refractivity (Wildman–Crippen MR) is 251 cm³/mol. The first-order valence-corrected chi connectivity index (χ1v) is 20.7. The molecule has 0 atom stereocenters. The molecule has 0 unspecified atom stereocenters. The molecule has 4 heteroatoms.